The van der Waals surface area contributed by atoms with Crippen molar-refractivity contribution in [3.8, 4) is 0 Å². The van der Waals surface area contributed by atoms with Gasteiger partial charge in [0.25, 0.3) is 0 Å². The SMILES string of the molecule is CCOC(=O)/C=C/C1=C(c2ccccc2)OC(OC)c2ccccc21. The predicted molar refractivity (Wildman–Crippen MR) is 96.3 cm³/mol. The molecule has 1 atom stereocenters. The van der Waals surface area contributed by atoms with E-state index in [1.807, 2.05) is 54.6 Å². The molecule has 2 aromatic rings. The topological polar surface area (TPSA) is 44.8 Å². The molecule has 0 radical (unpaired) electrons. The van der Waals surface area contributed by atoms with Crippen molar-refractivity contribution in [2.24, 2.45) is 0 Å². The predicted octanol–water partition coefficient (Wildman–Crippen LogP) is 4.35. The first-order valence-corrected chi connectivity index (χ1v) is 8.18. The van der Waals surface area contributed by atoms with Crippen molar-refractivity contribution >= 4 is 17.3 Å². The molecule has 0 amide bonds. The number of esters is 1. The number of fused-ring (bicyclic) bond motifs is 1. The summed E-state index contributed by atoms with van der Waals surface area (Å²) in [6, 6.07) is 17.6. The molecule has 1 aliphatic heterocycles. The van der Waals surface area contributed by atoms with Gasteiger partial charge in [-0.05, 0) is 18.6 Å². The van der Waals surface area contributed by atoms with Crippen molar-refractivity contribution in [2.75, 3.05) is 13.7 Å². The van der Waals surface area contributed by atoms with Crippen LogP contribution in [-0.4, -0.2) is 19.7 Å². The Kier molecular flexibility index (Phi) is 5.31. The van der Waals surface area contributed by atoms with Crippen LogP contribution in [0.15, 0.2) is 66.7 Å². The van der Waals surface area contributed by atoms with Gasteiger partial charge in [-0.25, -0.2) is 4.79 Å². The summed E-state index contributed by atoms with van der Waals surface area (Å²) in [5, 5.41) is 0. The zero-order valence-electron chi connectivity index (χ0n) is 14.3. The Morgan fingerprint density at radius 3 is 2.56 bits per heavy atom. The molecule has 1 aliphatic rings. The minimum Gasteiger partial charge on any atom is -0.463 e. The van der Waals surface area contributed by atoms with Crippen LogP contribution < -0.4 is 0 Å². The third-order valence-electron chi connectivity index (χ3n) is 3.90. The lowest BCUT2D eigenvalue weighted by Crippen LogP contribution is -2.14. The van der Waals surface area contributed by atoms with Crippen LogP contribution in [0.3, 0.4) is 0 Å². The van der Waals surface area contributed by atoms with Gasteiger partial charge in [-0.2, -0.15) is 0 Å². The molecule has 0 aliphatic carbocycles. The molecular weight excluding hydrogens is 316 g/mol. The zero-order valence-corrected chi connectivity index (χ0v) is 14.3. The molecule has 0 bridgehead atoms. The molecule has 0 aromatic heterocycles. The van der Waals surface area contributed by atoms with Gasteiger partial charge in [0.2, 0.25) is 6.29 Å². The minimum absolute atomic E-state index is 0.340. The lowest BCUT2D eigenvalue weighted by atomic mass is 9.93. The summed E-state index contributed by atoms with van der Waals surface area (Å²) in [6.07, 6.45) is 2.67. The molecule has 3 rings (SSSR count). The standard InChI is InChI=1S/C21H20O4/c1-3-24-19(22)14-13-17-16-11-7-8-12-18(16)21(23-2)25-20(17)15-9-5-4-6-10-15/h4-14,21H,3H2,1-2H3/b14-13+. The highest BCUT2D eigenvalue weighted by molar-refractivity contribution is 5.97. The summed E-state index contributed by atoms with van der Waals surface area (Å²) >= 11 is 0. The van der Waals surface area contributed by atoms with Crippen molar-refractivity contribution in [3.05, 3.63) is 83.4 Å². The van der Waals surface area contributed by atoms with Gasteiger partial charge in [-0.3, -0.25) is 0 Å². The molecule has 1 unspecified atom stereocenters. The minimum atomic E-state index is -0.494. The summed E-state index contributed by atoms with van der Waals surface area (Å²) in [5.74, 6) is 0.292. The lowest BCUT2D eigenvalue weighted by molar-refractivity contribution is -0.137. The summed E-state index contributed by atoms with van der Waals surface area (Å²) < 4.78 is 16.6. The second-order valence-corrected chi connectivity index (χ2v) is 5.47. The van der Waals surface area contributed by atoms with Crippen molar-refractivity contribution in [1.82, 2.24) is 0 Å². The molecule has 0 saturated heterocycles. The second-order valence-electron chi connectivity index (χ2n) is 5.47. The molecule has 4 heteroatoms. The highest BCUT2D eigenvalue weighted by atomic mass is 16.7. The normalized spacial score (nSPS) is 16.5. The van der Waals surface area contributed by atoms with Gasteiger partial charge in [-0.1, -0.05) is 54.6 Å². The average Bonchev–Trinajstić information content (AvgIpc) is 2.66. The second kappa shape index (κ2) is 7.81. The summed E-state index contributed by atoms with van der Waals surface area (Å²) in [5.41, 5.74) is 3.64. The van der Waals surface area contributed by atoms with E-state index in [9.17, 15) is 4.79 Å². The third-order valence-corrected chi connectivity index (χ3v) is 3.90. The fourth-order valence-electron chi connectivity index (χ4n) is 2.80. The Bertz CT molecular complexity index is 806. The zero-order chi connectivity index (χ0) is 17.6. The van der Waals surface area contributed by atoms with Crippen LogP contribution in [0, 0.1) is 0 Å². The highest BCUT2D eigenvalue weighted by Gasteiger charge is 2.27. The Hall–Kier alpha value is -2.85. The third kappa shape index (κ3) is 3.64. The van der Waals surface area contributed by atoms with E-state index >= 15 is 0 Å². The molecule has 0 N–H and O–H groups in total. The quantitative estimate of drug-likeness (QED) is 0.601. The smallest absolute Gasteiger partial charge is 0.330 e. The number of rotatable bonds is 5. The van der Waals surface area contributed by atoms with Gasteiger partial charge < -0.3 is 14.2 Å². The molecule has 4 nitrogen and oxygen atoms in total. The maximum Gasteiger partial charge on any atom is 0.330 e. The fraction of sp³-hybridized carbons (Fsp3) is 0.190. The number of carbonyl (C=O) groups excluding carboxylic acids is 1. The molecule has 1 heterocycles. The van der Waals surface area contributed by atoms with Crippen molar-refractivity contribution < 1.29 is 19.0 Å². The molecule has 128 valence electrons. The number of ether oxygens (including phenoxy) is 3. The fourth-order valence-corrected chi connectivity index (χ4v) is 2.80. The monoisotopic (exact) mass is 336 g/mol. The van der Waals surface area contributed by atoms with E-state index in [1.165, 1.54) is 6.08 Å². The van der Waals surface area contributed by atoms with Gasteiger partial charge in [0.1, 0.15) is 5.76 Å². The Morgan fingerprint density at radius 2 is 1.84 bits per heavy atom. The van der Waals surface area contributed by atoms with Crippen LogP contribution >= 0.6 is 0 Å². The summed E-state index contributed by atoms with van der Waals surface area (Å²) in [7, 11) is 1.61. The molecular formula is C21H20O4. The average molecular weight is 336 g/mol. The first-order valence-electron chi connectivity index (χ1n) is 8.18. The van der Waals surface area contributed by atoms with Crippen LogP contribution in [0.2, 0.25) is 0 Å². The van der Waals surface area contributed by atoms with Crippen LogP contribution in [0.5, 0.6) is 0 Å². The van der Waals surface area contributed by atoms with Crippen molar-refractivity contribution in [1.29, 1.82) is 0 Å². The van der Waals surface area contributed by atoms with Crippen LogP contribution in [0.4, 0.5) is 0 Å². The van der Waals surface area contributed by atoms with E-state index in [2.05, 4.69) is 0 Å². The maximum atomic E-state index is 11.8. The number of allylic oxidation sites excluding steroid dienone is 2. The van der Waals surface area contributed by atoms with Crippen LogP contribution in [0.1, 0.15) is 29.9 Å². The van der Waals surface area contributed by atoms with E-state index in [0.29, 0.717) is 12.4 Å². The van der Waals surface area contributed by atoms with E-state index in [-0.39, 0.29) is 5.97 Å². The number of carbonyl (C=O) groups is 1. The number of hydrogen-bond donors (Lipinski definition) is 0. The van der Waals surface area contributed by atoms with Gasteiger partial charge in [0.05, 0.1) is 6.61 Å². The highest BCUT2D eigenvalue weighted by Crippen LogP contribution is 2.41. The Balaban J connectivity index is 2.14. The molecule has 25 heavy (non-hydrogen) atoms. The van der Waals surface area contributed by atoms with Crippen molar-refractivity contribution in [2.45, 2.75) is 13.2 Å². The molecule has 0 fully saturated rings. The molecule has 0 saturated carbocycles. The summed E-state index contributed by atoms with van der Waals surface area (Å²) in [6.45, 7) is 2.12. The first kappa shape index (κ1) is 17.0. The number of methoxy groups -OCH3 is 1. The van der Waals surface area contributed by atoms with Gasteiger partial charge in [0.15, 0.2) is 0 Å². The van der Waals surface area contributed by atoms with E-state index in [1.54, 1.807) is 20.1 Å². The maximum absolute atomic E-state index is 11.8. The van der Waals surface area contributed by atoms with Crippen molar-refractivity contribution in [3.63, 3.8) is 0 Å². The van der Waals surface area contributed by atoms with Gasteiger partial charge >= 0.3 is 5.97 Å². The van der Waals surface area contributed by atoms with Gasteiger partial charge in [0, 0.05) is 29.9 Å². The molecule has 2 aromatic carbocycles. The van der Waals surface area contributed by atoms with Crippen LogP contribution in [0.25, 0.3) is 11.3 Å². The number of benzene rings is 2. The number of hydrogen-bond acceptors (Lipinski definition) is 4. The lowest BCUT2D eigenvalue weighted by Gasteiger charge is -2.29. The summed E-state index contributed by atoms with van der Waals surface area (Å²) in [4.78, 5) is 11.8. The van der Waals surface area contributed by atoms with Crippen LogP contribution in [-0.2, 0) is 19.0 Å². The van der Waals surface area contributed by atoms with E-state index < -0.39 is 6.29 Å². The largest absolute Gasteiger partial charge is 0.463 e. The van der Waals surface area contributed by atoms with E-state index in [4.69, 9.17) is 14.2 Å². The Labute approximate surface area is 147 Å². The Morgan fingerprint density at radius 1 is 1.12 bits per heavy atom. The molecule has 0 spiro atoms. The first-order chi connectivity index (χ1) is 12.2. The van der Waals surface area contributed by atoms with E-state index in [0.717, 1.165) is 22.3 Å². The van der Waals surface area contributed by atoms with Gasteiger partial charge in [-0.15, -0.1) is 0 Å².